The summed E-state index contributed by atoms with van der Waals surface area (Å²) < 4.78 is 0. The van der Waals surface area contributed by atoms with Gasteiger partial charge in [-0.1, -0.05) is 0 Å². The SMILES string of the molecule is [CH]C=[CH-].[W]. The Morgan fingerprint density at radius 2 is 1.75 bits per heavy atom. The Bertz CT molecular complexity index is 10.8. The molecule has 22 valence electrons. The van der Waals surface area contributed by atoms with Crippen molar-refractivity contribution in [1.29, 1.82) is 0 Å². The van der Waals surface area contributed by atoms with Crippen LogP contribution < -0.4 is 0 Å². The molecule has 1 heteroatoms. The molecule has 0 aromatic rings. The molecule has 0 N–H and O–H groups in total. The molecule has 0 saturated heterocycles. The minimum absolute atomic E-state index is 0. The van der Waals surface area contributed by atoms with Crippen LogP contribution in [0.2, 0.25) is 0 Å². The third kappa shape index (κ3) is 27.0. The minimum atomic E-state index is 0. The number of hydrogen-bond acceptors (Lipinski definition) is 0. The fourth-order valence-electron chi connectivity index (χ4n) is 0. The third-order valence-electron chi connectivity index (χ3n) is 0. The first-order valence-corrected chi connectivity index (χ1v) is 0.667. The Morgan fingerprint density at radius 3 is 1.75 bits per heavy atom. The van der Waals surface area contributed by atoms with Crippen LogP contribution in [0.25, 0.3) is 0 Å². The van der Waals surface area contributed by atoms with Gasteiger partial charge in [-0.15, -0.1) is 0 Å². The summed E-state index contributed by atoms with van der Waals surface area (Å²) >= 11 is 0. The zero-order chi connectivity index (χ0) is 2.71. The van der Waals surface area contributed by atoms with Crippen LogP contribution in [0.1, 0.15) is 0 Å². The predicted molar refractivity (Wildman–Crippen MR) is 13.2 cm³/mol. The van der Waals surface area contributed by atoms with E-state index in [2.05, 4.69) is 13.5 Å². The van der Waals surface area contributed by atoms with Crippen LogP contribution in [0, 0.1) is 13.5 Å². The second-order valence-electron chi connectivity index (χ2n) is 0.192. The molecule has 0 heterocycles. The van der Waals surface area contributed by atoms with Gasteiger partial charge in [0.25, 0.3) is 0 Å². The second kappa shape index (κ2) is 9.91. The molecule has 0 aliphatic carbocycles. The van der Waals surface area contributed by atoms with E-state index in [1.165, 1.54) is 0 Å². The van der Waals surface area contributed by atoms with Crippen LogP contribution in [-0.2, 0) is 21.1 Å². The zero-order valence-electron chi connectivity index (χ0n) is 2.14. The molecule has 0 aliphatic heterocycles. The minimum Gasteiger partial charge on any atom is -0.518 e. The Balaban J connectivity index is 0. The molecular weight excluding hydrogens is 220 g/mol. The van der Waals surface area contributed by atoms with Gasteiger partial charge in [-0.25, -0.2) is 0 Å². The monoisotopic (exact) mass is 223 g/mol. The van der Waals surface area contributed by atoms with E-state index in [9.17, 15) is 0 Å². The summed E-state index contributed by atoms with van der Waals surface area (Å²) in [6.45, 7) is 9.00. The molecule has 0 rings (SSSR count). The van der Waals surface area contributed by atoms with Crippen molar-refractivity contribution < 1.29 is 21.1 Å². The molecule has 0 aromatic heterocycles. The smallest absolute Gasteiger partial charge is 0 e. The van der Waals surface area contributed by atoms with Crippen molar-refractivity contribution in [2.45, 2.75) is 0 Å². The first-order chi connectivity index (χ1) is 1.41. The maximum Gasteiger partial charge on any atom is 0 e. The van der Waals surface area contributed by atoms with Crippen LogP contribution in [-0.4, -0.2) is 0 Å². The molecular formula is C3H3W-. The van der Waals surface area contributed by atoms with Gasteiger partial charge in [-0.05, 0) is 6.92 Å². The summed E-state index contributed by atoms with van der Waals surface area (Å²) in [5.74, 6) is 0. The first-order valence-electron chi connectivity index (χ1n) is 0.667. The van der Waals surface area contributed by atoms with E-state index in [4.69, 9.17) is 0 Å². The van der Waals surface area contributed by atoms with Crippen LogP contribution in [0.4, 0.5) is 0 Å². The topological polar surface area (TPSA) is 0 Å². The fraction of sp³-hybridized carbons (Fsp3) is 0. The molecule has 0 amide bonds. The van der Waals surface area contributed by atoms with E-state index >= 15 is 0 Å². The van der Waals surface area contributed by atoms with Crippen LogP contribution >= 0.6 is 0 Å². The maximum absolute atomic E-state index is 4.50. The van der Waals surface area contributed by atoms with Gasteiger partial charge in [0.15, 0.2) is 0 Å². The predicted octanol–water partition coefficient (Wildman–Crippen LogP) is 0.684. The summed E-state index contributed by atoms with van der Waals surface area (Å²) in [6, 6.07) is 0. The largest absolute Gasteiger partial charge is 0.518 e. The first kappa shape index (κ1) is 8.83. The molecule has 0 bridgehead atoms. The molecule has 0 fully saturated rings. The summed E-state index contributed by atoms with van der Waals surface area (Å²) in [5.41, 5.74) is 0. The van der Waals surface area contributed by atoms with E-state index in [1.807, 2.05) is 0 Å². The summed E-state index contributed by atoms with van der Waals surface area (Å²) in [6.07, 6.45) is 1.00. The Morgan fingerprint density at radius 1 is 1.75 bits per heavy atom. The van der Waals surface area contributed by atoms with Gasteiger partial charge in [-0.2, -0.15) is 0 Å². The molecule has 2 radical (unpaired) electrons. The number of allylic oxidation sites excluding steroid dienone is 1. The second-order valence-corrected chi connectivity index (χ2v) is 0.192. The summed E-state index contributed by atoms with van der Waals surface area (Å²) in [5, 5.41) is 0. The standard InChI is InChI=1S/C3H3.W/c1-3-2;/h1-3H;/q-1;. The van der Waals surface area contributed by atoms with Gasteiger partial charge >= 0.3 is 0 Å². The Hall–Kier alpha value is 0.428. The van der Waals surface area contributed by atoms with Crippen molar-refractivity contribution in [3.05, 3.63) is 19.6 Å². The van der Waals surface area contributed by atoms with Crippen molar-refractivity contribution >= 4 is 0 Å². The number of hydrogen-bond donors (Lipinski definition) is 0. The normalized spacial score (nSPS) is 3.25. The van der Waals surface area contributed by atoms with Gasteiger partial charge in [0.1, 0.15) is 0 Å². The van der Waals surface area contributed by atoms with E-state index in [-0.39, 0.29) is 21.1 Å². The van der Waals surface area contributed by atoms with Crippen LogP contribution in [0.15, 0.2) is 6.08 Å². The van der Waals surface area contributed by atoms with Crippen molar-refractivity contribution in [3.63, 3.8) is 0 Å². The third-order valence-corrected chi connectivity index (χ3v) is 0. The van der Waals surface area contributed by atoms with Crippen molar-refractivity contribution in [1.82, 2.24) is 0 Å². The zero-order valence-corrected chi connectivity index (χ0v) is 5.07. The van der Waals surface area contributed by atoms with Gasteiger partial charge in [0, 0.05) is 21.1 Å². The van der Waals surface area contributed by atoms with Crippen molar-refractivity contribution in [2.75, 3.05) is 0 Å². The van der Waals surface area contributed by atoms with Crippen molar-refractivity contribution in [2.24, 2.45) is 0 Å². The van der Waals surface area contributed by atoms with Gasteiger partial charge in [0.05, 0.1) is 0 Å². The molecule has 0 spiro atoms. The molecule has 4 heavy (non-hydrogen) atoms. The fourth-order valence-corrected chi connectivity index (χ4v) is 0. The Kier molecular flexibility index (Phi) is 21.9. The van der Waals surface area contributed by atoms with E-state index in [0.717, 1.165) is 6.08 Å². The molecule has 0 aromatic carbocycles. The average molecular weight is 223 g/mol. The van der Waals surface area contributed by atoms with Gasteiger partial charge in [0.2, 0.25) is 0 Å². The molecule has 0 nitrogen and oxygen atoms in total. The maximum atomic E-state index is 4.50. The molecule has 0 aliphatic rings. The quantitative estimate of drug-likeness (QED) is 0.530. The van der Waals surface area contributed by atoms with Gasteiger partial charge < -0.3 is 6.58 Å². The summed E-state index contributed by atoms with van der Waals surface area (Å²) in [7, 11) is 0. The van der Waals surface area contributed by atoms with E-state index in [1.54, 1.807) is 0 Å². The van der Waals surface area contributed by atoms with Crippen LogP contribution in [0.3, 0.4) is 0 Å². The van der Waals surface area contributed by atoms with E-state index in [0.29, 0.717) is 0 Å². The Labute approximate surface area is 41.2 Å². The average Bonchev–Trinajstić information content (AvgIpc) is 0.918. The van der Waals surface area contributed by atoms with Crippen LogP contribution in [0.5, 0.6) is 0 Å². The number of rotatable bonds is 0. The molecule has 0 atom stereocenters. The van der Waals surface area contributed by atoms with Crippen molar-refractivity contribution in [3.8, 4) is 0 Å². The van der Waals surface area contributed by atoms with Gasteiger partial charge in [-0.3, -0.25) is 6.08 Å². The molecule has 0 saturated carbocycles. The van der Waals surface area contributed by atoms with E-state index < -0.39 is 0 Å². The summed E-state index contributed by atoms with van der Waals surface area (Å²) in [4.78, 5) is 0. The molecule has 0 unspecified atom stereocenters.